The molecule has 0 fully saturated rings. The molecule has 0 aliphatic rings. The first-order chi connectivity index (χ1) is 15.6. The molecule has 0 radical (unpaired) electrons. The Morgan fingerprint density at radius 3 is 1.28 bits per heavy atom. The first-order valence-electron chi connectivity index (χ1n) is 9.87. The Bertz CT molecular complexity index is 1200. The average Bonchev–Trinajstić information content (AvgIpc) is 2.84. The molecule has 1 heterocycles. The molecule has 0 aliphatic carbocycles. The number of halogens is 2. The van der Waals surface area contributed by atoms with Crippen molar-refractivity contribution in [2.75, 3.05) is 14.2 Å². The second-order valence-electron chi connectivity index (χ2n) is 6.93. The number of fused-ring (bicyclic) bond motifs is 1. The number of methoxy groups -OCH3 is 2. The number of nitrogens with zero attached hydrogens (tertiary/aromatic N) is 2. The fourth-order valence-electron chi connectivity index (χ4n) is 3.12. The highest BCUT2D eigenvalue weighted by molar-refractivity contribution is 9.11. The van der Waals surface area contributed by atoms with E-state index in [0.717, 1.165) is 54.0 Å². The van der Waals surface area contributed by atoms with E-state index in [1.54, 1.807) is 14.2 Å². The third-order valence-electron chi connectivity index (χ3n) is 4.88. The summed E-state index contributed by atoms with van der Waals surface area (Å²) in [6, 6.07) is 19.7. The minimum absolute atomic E-state index is 0.775. The maximum absolute atomic E-state index is 5.24. The molecule has 0 amide bonds. The van der Waals surface area contributed by atoms with Crippen LogP contribution < -0.4 is 9.47 Å². The zero-order chi connectivity index (χ0) is 22.5. The van der Waals surface area contributed by atoms with Gasteiger partial charge in [0.05, 0.1) is 25.6 Å². The van der Waals surface area contributed by atoms with Gasteiger partial charge in [-0.05, 0) is 91.5 Å². The molecule has 4 nitrogen and oxygen atoms in total. The smallest absolute Gasteiger partial charge is 0.118 e. The zero-order valence-corrected chi connectivity index (χ0v) is 20.7. The van der Waals surface area contributed by atoms with E-state index in [9.17, 15) is 0 Å². The Hall–Kier alpha value is -2.96. The number of benzene rings is 3. The summed E-state index contributed by atoms with van der Waals surface area (Å²) in [5.41, 5.74) is 5.25. The van der Waals surface area contributed by atoms with Crippen LogP contribution in [0.1, 0.15) is 22.5 Å². The van der Waals surface area contributed by atoms with E-state index in [1.165, 1.54) is 0 Å². The first-order valence-corrected chi connectivity index (χ1v) is 11.5. The molecule has 32 heavy (non-hydrogen) atoms. The number of rotatable bonds is 6. The summed E-state index contributed by atoms with van der Waals surface area (Å²) in [4.78, 5) is 9.80. The lowest BCUT2D eigenvalue weighted by Crippen LogP contribution is -1.95. The van der Waals surface area contributed by atoms with E-state index in [1.807, 2.05) is 85.0 Å². The van der Waals surface area contributed by atoms with Gasteiger partial charge < -0.3 is 9.47 Å². The van der Waals surface area contributed by atoms with E-state index in [2.05, 4.69) is 31.9 Å². The second-order valence-corrected chi connectivity index (χ2v) is 8.64. The van der Waals surface area contributed by atoms with Gasteiger partial charge in [-0.2, -0.15) is 0 Å². The van der Waals surface area contributed by atoms with Gasteiger partial charge in [0.2, 0.25) is 0 Å². The molecule has 160 valence electrons. The molecule has 4 aromatic rings. The summed E-state index contributed by atoms with van der Waals surface area (Å²) in [6.07, 6.45) is 8.00. The summed E-state index contributed by atoms with van der Waals surface area (Å²) >= 11 is 7.20. The van der Waals surface area contributed by atoms with E-state index >= 15 is 0 Å². The number of hydrogen-bond acceptors (Lipinski definition) is 4. The van der Waals surface area contributed by atoms with Crippen LogP contribution in [-0.2, 0) is 0 Å². The largest absolute Gasteiger partial charge is 0.497 e. The Morgan fingerprint density at radius 1 is 0.562 bits per heavy atom. The van der Waals surface area contributed by atoms with E-state index in [0.29, 0.717) is 0 Å². The summed E-state index contributed by atoms with van der Waals surface area (Å²) in [5.74, 6) is 1.65. The topological polar surface area (TPSA) is 44.2 Å². The molecule has 0 aliphatic heterocycles. The van der Waals surface area contributed by atoms with Crippen LogP contribution in [0.15, 0.2) is 69.6 Å². The van der Waals surface area contributed by atoms with Crippen LogP contribution in [0.2, 0.25) is 0 Å². The fraction of sp³-hybridized carbons (Fsp3) is 0.0769. The standard InChI is InChI=1S/C26H20Br2N2O2/c1-31-19-9-3-17(4-10-19)7-15-23-24(16-8-18-5-11-20(32-2)12-6-18)30-26-22(28)14-13-21(27)25(26)29-23/h3-16H,1-2H3/b15-7+,16-8+. The number of hydrogen-bond donors (Lipinski definition) is 0. The van der Waals surface area contributed by atoms with Gasteiger partial charge in [-0.25, -0.2) is 9.97 Å². The molecule has 0 saturated carbocycles. The molecule has 4 rings (SSSR count). The van der Waals surface area contributed by atoms with Crippen molar-refractivity contribution in [1.82, 2.24) is 9.97 Å². The van der Waals surface area contributed by atoms with Crippen molar-refractivity contribution >= 4 is 67.2 Å². The van der Waals surface area contributed by atoms with Crippen LogP contribution in [0.5, 0.6) is 11.5 Å². The summed E-state index contributed by atoms with van der Waals surface area (Å²) in [5, 5.41) is 0. The van der Waals surface area contributed by atoms with Gasteiger partial charge in [-0.15, -0.1) is 0 Å². The molecule has 0 saturated heterocycles. The van der Waals surface area contributed by atoms with Crippen molar-refractivity contribution in [1.29, 1.82) is 0 Å². The molecule has 0 bridgehead atoms. The third-order valence-corrected chi connectivity index (χ3v) is 6.16. The van der Waals surface area contributed by atoms with Crippen molar-refractivity contribution in [3.8, 4) is 11.5 Å². The molecule has 3 aromatic carbocycles. The fourth-order valence-corrected chi connectivity index (χ4v) is 3.94. The van der Waals surface area contributed by atoms with Crippen LogP contribution in [0, 0.1) is 0 Å². The van der Waals surface area contributed by atoms with Crippen LogP contribution in [-0.4, -0.2) is 24.2 Å². The first kappa shape index (κ1) is 22.2. The molecule has 1 aromatic heterocycles. The molecule has 0 atom stereocenters. The molecule has 0 spiro atoms. The SMILES string of the molecule is COc1ccc(/C=C/c2nc3c(Br)ccc(Br)c3nc2/C=C/c2ccc(OC)cc2)cc1. The summed E-state index contributed by atoms with van der Waals surface area (Å²) in [7, 11) is 3.32. The summed E-state index contributed by atoms with van der Waals surface area (Å²) < 4.78 is 12.3. The van der Waals surface area contributed by atoms with Gasteiger partial charge in [0.1, 0.15) is 22.5 Å². The van der Waals surface area contributed by atoms with Crippen molar-refractivity contribution in [2.24, 2.45) is 0 Å². The van der Waals surface area contributed by atoms with Crippen molar-refractivity contribution in [3.05, 3.63) is 92.1 Å². The highest BCUT2D eigenvalue weighted by atomic mass is 79.9. The van der Waals surface area contributed by atoms with Crippen molar-refractivity contribution in [3.63, 3.8) is 0 Å². The maximum Gasteiger partial charge on any atom is 0.118 e. The normalized spacial score (nSPS) is 11.5. The van der Waals surface area contributed by atoms with E-state index in [4.69, 9.17) is 19.4 Å². The Kier molecular flexibility index (Phi) is 7.02. The number of aromatic nitrogens is 2. The predicted molar refractivity (Wildman–Crippen MR) is 139 cm³/mol. The lowest BCUT2D eigenvalue weighted by atomic mass is 10.1. The maximum atomic E-state index is 5.24. The second kappa shape index (κ2) is 10.1. The van der Waals surface area contributed by atoms with Gasteiger partial charge >= 0.3 is 0 Å². The van der Waals surface area contributed by atoms with Gasteiger partial charge in [-0.3, -0.25) is 0 Å². The number of ether oxygens (including phenoxy) is 2. The molecular weight excluding hydrogens is 532 g/mol. The lowest BCUT2D eigenvalue weighted by Gasteiger charge is -2.07. The minimum atomic E-state index is 0.775. The van der Waals surface area contributed by atoms with E-state index in [-0.39, 0.29) is 0 Å². The van der Waals surface area contributed by atoms with Gasteiger partial charge in [0, 0.05) is 8.95 Å². The lowest BCUT2D eigenvalue weighted by molar-refractivity contribution is 0.414. The van der Waals surface area contributed by atoms with Gasteiger partial charge in [0.15, 0.2) is 0 Å². The molecule has 0 unspecified atom stereocenters. The van der Waals surface area contributed by atoms with Gasteiger partial charge in [-0.1, -0.05) is 36.4 Å². The van der Waals surface area contributed by atoms with Crippen LogP contribution in [0.25, 0.3) is 35.3 Å². The quantitative estimate of drug-likeness (QED) is 0.248. The average molecular weight is 552 g/mol. The van der Waals surface area contributed by atoms with Crippen LogP contribution >= 0.6 is 31.9 Å². The molecular formula is C26H20Br2N2O2. The monoisotopic (exact) mass is 550 g/mol. The highest BCUT2D eigenvalue weighted by Gasteiger charge is 2.10. The van der Waals surface area contributed by atoms with Crippen LogP contribution in [0.3, 0.4) is 0 Å². The van der Waals surface area contributed by atoms with Gasteiger partial charge in [0.25, 0.3) is 0 Å². The van der Waals surface area contributed by atoms with E-state index < -0.39 is 0 Å². The Labute approximate surface area is 203 Å². The minimum Gasteiger partial charge on any atom is -0.497 e. The third kappa shape index (κ3) is 5.09. The molecule has 0 N–H and O–H groups in total. The van der Waals surface area contributed by atoms with Crippen molar-refractivity contribution < 1.29 is 9.47 Å². The molecule has 6 heteroatoms. The Balaban J connectivity index is 1.76. The highest BCUT2D eigenvalue weighted by Crippen LogP contribution is 2.29. The summed E-state index contributed by atoms with van der Waals surface area (Å²) in [6.45, 7) is 0. The van der Waals surface area contributed by atoms with Crippen LogP contribution in [0.4, 0.5) is 0 Å². The van der Waals surface area contributed by atoms with Crippen molar-refractivity contribution in [2.45, 2.75) is 0 Å². The zero-order valence-electron chi connectivity index (χ0n) is 17.5. The predicted octanol–water partition coefficient (Wildman–Crippen LogP) is 7.51. The Morgan fingerprint density at radius 2 is 0.938 bits per heavy atom.